The first-order valence-corrected chi connectivity index (χ1v) is 9.60. The molecule has 0 aliphatic carbocycles. The van der Waals surface area contributed by atoms with Gasteiger partial charge in [-0.1, -0.05) is 17.7 Å². The van der Waals surface area contributed by atoms with Gasteiger partial charge in [-0.05, 0) is 44.4 Å². The third-order valence-corrected chi connectivity index (χ3v) is 4.98. The summed E-state index contributed by atoms with van der Waals surface area (Å²) in [6.45, 7) is 7.48. The van der Waals surface area contributed by atoms with E-state index in [4.69, 9.17) is 21.3 Å². The van der Waals surface area contributed by atoms with E-state index in [1.54, 1.807) is 0 Å². The highest BCUT2D eigenvalue weighted by molar-refractivity contribution is 14.0. The number of rotatable bonds is 6. The molecule has 146 valence electrons. The standard InChI is InChI=1S/C18H28ClN5O.HI/c1-2-20-18(21-8-7-14-5-6-17(19)22-10-14)23-11-16-12-24-9-3-4-15(24)13-25-16;/h5-6,10,15-16H,2-4,7-9,11-13H2,1H3,(H2,20,21,23);1H. The molecule has 26 heavy (non-hydrogen) atoms. The van der Waals surface area contributed by atoms with Crippen LogP contribution < -0.4 is 10.6 Å². The van der Waals surface area contributed by atoms with Crippen LogP contribution in [0.4, 0.5) is 0 Å². The Morgan fingerprint density at radius 2 is 2.31 bits per heavy atom. The largest absolute Gasteiger partial charge is 0.373 e. The van der Waals surface area contributed by atoms with Crippen LogP contribution in [0, 0.1) is 0 Å². The summed E-state index contributed by atoms with van der Waals surface area (Å²) < 4.78 is 5.98. The van der Waals surface area contributed by atoms with E-state index in [1.807, 2.05) is 18.3 Å². The van der Waals surface area contributed by atoms with Crippen molar-refractivity contribution in [1.82, 2.24) is 20.5 Å². The maximum atomic E-state index is 5.98. The number of aromatic nitrogens is 1. The number of aliphatic imine (C=N–C) groups is 1. The second kappa shape index (κ2) is 11.3. The van der Waals surface area contributed by atoms with Crippen LogP contribution in [0.2, 0.25) is 5.15 Å². The lowest BCUT2D eigenvalue weighted by Gasteiger charge is -2.34. The summed E-state index contributed by atoms with van der Waals surface area (Å²) in [6.07, 6.45) is 5.47. The zero-order chi connectivity index (χ0) is 17.5. The van der Waals surface area contributed by atoms with Gasteiger partial charge in [0.25, 0.3) is 0 Å². The molecule has 2 atom stereocenters. The molecule has 0 aromatic carbocycles. The van der Waals surface area contributed by atoms with Gasteiger partial charge in [0, 0.05) is 31.9 Å². The van der Waals surface area contributed by atoms with Gasteiger partial charge in [-0.15, -0.1) is 24.0 Å². The monoisotopic (exact) mass is 493 g/mol. The third-order valence-electron chi connectivity index (χ3n) is 4.75. The smallest absolute Gasteiger partial charge is 0.191 e. The Hall–Kier alpha value is -0.640. The van der Waals surface area contributed by atoms with Crippen molar-refractivity contribution in [2.45, 2.75) is 38.3 Å². The molecule has 2 N–H and O–H groups in total. The Kier molecular flexibility index (Phi) is 9.38. The van der Waals surface area contributed by atoms with Crippen molar-refractivity contribution in [3.63, 3.8) is 0 Å². The lowest BCUT2D eigenvalue weighted by molar-refractivity contribution is -0.0432. The average Bonchev–Trinajstić information content (AvgIpc) is 3.09. The minimum absolute atomic E-state index is 0. The van der Waals surface area contributed by atoms with Crippen LogP contribution in [0.5, 0.6) is 0 Å². The Bertz CT molecular complexity index is 571. The van der Waals surface area contributed by atoms with Crippen molar-refractivity contribution in [1.29, 1.82) is 0 Å². The highest BCUT2D eigenvalue weighted by Crippen LogP contribution is 2.22. The zero-order valence-electron chi connectivity index (χ0n) is 15.3. The fraction of sp³-hybridized carbons (Fsp3) is 0.667. The Morgan fingerprint density at radius 1 is 1.42 bits per heavy atom. The van der Waals surface area contributed by atoms with Crippen LogP contribution in [0.3, 0.4) is 0 Å². The van der Waals surface area contributed by atoms with Gasteiger partial charge in [0.05, 0.1) is 19.3 Å². The van der Waals surface area contributed by atoms with Gasteiger partial charge in [-0.25, -0.2) is 4.98 Å². The summed E-state index contributed by atoms with van der Waals surface area (Å²) >= 11 is 5.81. The summed E-state index contributed by atoms with van der Waals surface area (Å²) in [4.78, 5) is 11.4. The van der Waals surface area contributed by atoms with Crippen molar-refractivity contribution in [2.24, 2.45) is 4.99 Å². The lowest BCUT2D eigenvalue weighted by Crippen LogP contribution is -2.47. The number of nitrogens with zero attached hydrogens (tertiary/aromatic N) is 3. The van der Waals surface area contributed by atoms with Gasteiger partial charge in [0.1, 0.15) is 5.15 Å². The molecular weight excluding hydrogens is 465 g/mol. The summed E-state index contributed by atoms with van der Waals surface area (Å²) in [6, 6.07) is 4.46. The highest BCUT2D eigenvalue weighted by atomic mass is 127. The Morgan fingerprint density at radius 3 is 3.08 bits per heavy atom. The molecule has 8 heteroatoms. The number of guanidine groups is 1. The van der Waals surface area contributed by atoms with E-state index in [0.29, 0.717) is 17.7 Å². The molecule has 1 aromatic heterocycles. The molecule has 2 aliphatic rings. The fourth-order valence-electron chi connectivity index (χ4n) is 3.41. The fourth-order valence-corrected chi connectivity index (χ4v) is 3.52. The van der Waals surface area contributed by atoms with Crippen molar-refractivity contribution < 1.29 is 4.74 Å². The van der Waals surface area contributed by atoms with Crippen LogP contribution in [-0.2, 0) is 11.2 Å². The molecule has 3 heterocycles. The molecule has 2 fully saturated rings. The topological polar surface area (TPSA) is 61.8 Å². The van der Waals surface area contributed by atoms with Gasteiger partial charge in [-0.3, -0.25) is 9.89 Å². The van der Waals surface area contributed by atoms with Crippen molar-refractivity contribution >= 4 is 41.5 Å². The number of nitrogens with one attached hydrogen (secondary N) is 2. The van der Waals surface area contributed by atoms with E-state index in [0.717, 1.165) is 44.2 Å². The lowest BCUT2D eigenvalue weighted by atomic mass is 10.2. The normalized spacial score (nSPS) is 23.2. The second-order valence-corrected chi connectivity index (χ2v) is 7.02. The number of halogens is 2. The number of morpholine rings is 1. The SMILES string of the molecule is CCNC(=NCC1CN2CCCC2CO1)NCCc1ccc(Cl)nc1.I. The number of hydrogen-bond donors (Lipinski definition) is 2. The van der Waals surface area contributed by atoms with Crippen LogP contribution in [0.15, 0.2) is 23.3 Å². The van der Waals surface area contributed by atoms with Gasteiger partial charge >= 0.3 is 0 Å². The minimum Gasteiger partial charge on any atom is -0.373 e. The van der Waals surface area contributed by atoms with Crippen molar-refractivity contribution in [2.75, 3.05) is 39.3 Å². The second-order valence-electron chi connectivity index (χ2n) is 6.63. The Labute approximate surface area is 178 Å². The molecule has 0 bridgehead atoms. The van der Waals surface area contributed by atoms with Crippen LogP contribution >= 0.6 is 35.6 Å². The molecule has 0 spiro atoms. The zero-order valence-corrected chi connectivity index (χ0v) is 18.4. The van der Waals surface area contributed by atoms with Gasteiger partial charge in [0.15, 0.2) is 5.96 Å². The predicted octanol–water partition coefficient (Wildman–Crippen LogP) is 2.31. The van der Waals surface area contributed by atoms with Crippen molar-refractivity contribution in [3.8, 4) is 0 Å². The van der Waals surface area contributed by atoms with Crippen LogP contribution in [0.25, 0.3) is 0 Å². The minimum atomic E-state index is 0. The molecule has 1 aromatic rings. The molecule has 2 unspecified atom stereocenters. The number of ether oxygens (including phenoxy) is 1. The number of fused-ring (bicyclic) bond motifs is 1. The third kappa shape index (κ3) is 6.51. The number of pyridine rings is 1. The summed E-state index contributed by atoms with van der Waals surface area (Å²) in [5.74, 6) is 0.844. The molecule has 3 rings (SSSR count). The molecule has 0 saturated carbocycles. The van der Waals surface area contributed by atoms with E-state index in [-0.39, 0.29) is 30.1 Å². The first-order valence-electron chi connectivity index (χ1n) is 9.23. The van der Waals surface area contributed by atoms with Crippen molar-refractivity contribution in [3.05, 3.63) is 29.0 Å². The average molecular weight is 494 g/mol. The maximum absolute atomic E-state index is 5.98. The predicted molar refractivity (Wildman–Crippen MR) is 117 cm³/mol. The molecule has 6 nitrogen and oxygen atoms in total. The van der Waals surface area contributed by atoms with Gasteiger partial charge in [0.2, 0.25) is 0 Å². The van der Waals surface area contributed by atoms with E-state index in [1.165, 1.54) is 19.4 Å². The van der Waals surface area contributed by atoms with Crippen LogP contribution in [0.1, 0.15) is 25.3 Å². The van der Waals surface area contributed by atoms with E-state index >= 15 is 0 Å². The first kappa shape index (κ1) is 21.7. The molecule has 0 radical (unpaired) electrons. The Balaban J connectivity index is 0.00000243. The summed E-state index contributed by atoms with van der Waals surface area (Å²) in [5, 5.41) is 7.20. The quantitative estimate of drug-likeness (QED) is 0.276. The molecular formula is C18H29ClIN5O. The highest BCUT2D eigenvalue weighted by Gasteiger charge is 2.31. The van der Waals surface area contributed by atoms with Gasteiger partial charge < -0.3 is 15.4 Å². The molecule has 0 amide bonds. The van der Waals surface area contributed by atoms with E-state index < -0.39 is 0 Å². The maximum Gasteiger partial charge on any atom is 0.191 e. The first-order chi connectivity index (χ1) is 12.2. The van der Waals surface area contributed by atoms with Gasteiger partial charge in [-0.2, -0.15) is 0 Å². The summed E-state index contributed by atoms with van der Waals surface area (Å²) in [5.41, 5.74) is 1.16. The van der Waals surface area contributed by atoms with E-state index in [9.17, 15) is 0 Å². The van der Waals surface area contributed by atoms with E-state index in [2.05, 4.69) is 27.4 Å². The molecule has 2 aliphatic heterocycles. The summed E-state index contributed by atoms with van der Waals surface area (Å²) in [7, 11) is 0. The molecule has 2 saturated heterocycles. The number of hydrogen-bond acceptors (Lipinski definition) is 4. The van der Waals surface area contributed by atoms with Crippen LogP contribution in [-0.4, -0.2) is 67.3 Å².